The number of carbonyl (C=O) groups excluding carboxylic acids is 2. The molecule has 0 radical (unpaired) electrons. The third kappa shape index (κ3) is 2.29. The van der Waals surface area contributed by atoms with Crippen molar-refractivity contribution in [1.82, 2.24) is 15.1 Å². The molecule has 5 heteroatoms. The molecule has 3 atom stereocenters. The van der Waals surface area contributed by atoms with Crippen molar-refractivity contribution in [1.29, 1.82) is 0 Å². The van der Waals surface area contributed by atoms with Crippen molar-refractivity contribution in [2.24, 2.45) is 0 Å². The number of piperazine rings is 1. The highest BCUT2D eigenvalue weighted by Crippen LogP contribution is 2.23. The zero-order valence-electron chi connectivity index (χ0n) is 11.5. The fourth-order valence-electron chi connectivity index (χ4n) is 2.92. The van der Waals surface area contributed by atoms with E-state index in [2.05, 4.69) is 24.1 Å². The topological polar surface area (TPSA) is 52.7 Å². The summed E-state index contributed by atoms with van der Waals surface area (Å²) in [5, 5.41) is 3.51. The summed E-state index contributed by atoms with van der Waals surface area (Å²) in [5.74, 6) is -0.0818. The highest BCUT2D eigenvalue weighted by atomic mass is 16.2. The molecule has 0 aliphatic carbocycles. The summed E-state index contributed by atoms with van der Waals surface area (Å²) in [6, 6.07) is 0.561. The summed E-state index contributed by atoms with van der Waals surface area (Å²) in [4.78, 5) is 27.3. The molecule has 0 saturated carbocycles. The number of rotatable bonds is 3. The maximum absolute atomic E-state index is 12.1. The van der Waals surface area contributed by atoms with Gasteiger partial charge in [0.1, 0.15) is 0 Å². The Morgan fingerprint density at radius 1 is 1.28 bits per heavy atom. The summed E-state index contributed by atoms with van der Waals surface area (Å²) in [6.45, 7) is 6.07. The Labute approximate surface area is 108 Å². The number of carbonyl (C=O) groups is 2. The van der Waals surface area contributed by atoms with Crippen molar-refractivity contribution in [3.05, 3.63) is 0 Å². The highest BCUT2D eigenvalue weighted by Gasteiger charge is 2.43. The predicted octanol–water partition coefficient (Wildman–Crippen LogP) is 0.206. The minimum Gasteiger partial charge on any atom is -0.311 e. The van der Waals surface area contributed by atoms with Gasteiger partial charge in [-0.2, -0.15) is 0 Å². The van der Waals surface area contributed by atoms with Gasteiger partial charge in [-0.1, -0.05) is 13.8 Å². The number of hydrogen-bond acceptors (Lipinski definition) is 4. The molecule has 0 spiro atoms. The quantitative estimate of drug-likeness (QED) is 0.730. The fourth-order valence-corrected chi connectivity index (χ4v) is 2.92. The Balaban J connectivity index is 2.13. The van der Waals surface area contributed by atoms with E-state index in [1.807, 2.05) is 0 Å². The Morgan fingerprint density at radius 2 is 2.00 bits per heavy atom. The average molecular weight is 253 g/mol. The Hall–Kier alpha value is -0.940. The standard InChI is InChI=1S/C13H23N3O2/c1-4-9-8-16(10(5-2)7-14-9)11-6-12(17)15(3)13(11)18/h9-11,14H,4-8H2,1-3H3. The molecule has 5 nitrogen and oxygen atoms in total. The first-order chi connectivity index (χ1) is 8.58. The van der Waals surface area contributed by atoms with E-state index in [1.54, 1.807) is 7.05 Å². The van der Waals surface area contributed by atoms with Crippen LogP contribution in [-0.2, 0) is 9.59 Å². The van der Waals surface area contributed by atoms with Gasteiger partial charge in [0.2, 0.25) is 11.8 Å². The molecule has 0 aromatic rings. The van der Waals surface area contributed by atoms with Gasteiger partial charge in [0.25, 0.3) is 0 Å². The minimum atomic E-state index is -0.233. The molecule has 2 aliphatic rings. The van der Waals surface area contributed by atoms with E-state index in [0.717, 1.165) is 25.9 Å². The number of hydrogen-bond donors (Lipinski definition) is 1. The van der Waals surface area contributed by atoms with Crippen LogP contribution in [0, 0.1) is 0 Å². The number of amides is 2. The largest absolute Gasteiger partial charge is 0.311 e. The second-order valence-electron chi connectivity index (χ2n) is 5.28. The van der Waals surface area contributed by atoms with Crippen molar-refractivity contribution in [2.75, 3.05) is 20.1 Å². The third-order valence-electron chi connectivity index (χ3n) is 4.26. The highest BCUT2D eigenvalue weighted by molar-refractivity contribution is 6.05. The molecule has 0 bridgehead atoms. The maximum atomic E-state index is 12.1. The Kier molecular flexibility index (Phi) is 4.02. The third-order valence-corrected chi connectivity index (χ3v) is 4.26. The molecule has 2 rings (SSSR count). The molecule has 1 N–H and O–H groups in total. The molecule has 18 heavy (non-hydrogen) atoms. The van der Waals surface area contributed by atoms with Gasteiger partial charge in [-0.15, -0.1) is 0 Å². The molecule has 2 fully saturated rings. The van der Waals surface area contributed by atoms with Crippen LogP contribution in [0.25, 0.3) is 0 Å². The molecular formula is C13H23N3O2. The van der Waals surface area contributed by atoms with E-state index in [1.165, 1.54) is 4.90 Å². The second-order valence-corrected chi connectivity index (χ2v) is 5.28. The van der Waals surface area contributed by atoms with Crippen LogP contribution >= 0.6 is 0 Å². The SMILES string of the molecule is CCC1CN(C2CC(=O)N(C)C2=O)C(CC)CN1. The molecule has 3 unspecified atom stereocenters. The normalized spacial score (nSPS) is 34.4. The number of likely N-dealkylation sites (N-methyl/N-ethyl adjacent to an activating group) is 1. The Bertz CT molecular complexity index is 345. The second kappa shape index (κ2) is 5.36. The van der Waals surface area contributed by atoms with Crippen LogP contribution in [0.5, 0.6) is 0 Å². The summed E-state index contributed by atoms with van der Waals surface area (Å²) in [5.41, 5.74) is 0. The van der Waals surface area contributed by atoms with Crippen LogP contribution in [-0.4, -0.2) is 59.9 Å². The van der Waals surface area contributed by atoms with Crippen LogP contribution in [0.2, 0.25) is 0 Å². The first kappa shape index (κ1) is 13.5. The number of likely N-dealkylation sites (tertiary alicyclic amines) is 1. The molecular weight excluding hydrogens is 230 g/mol. The molecule has 0 aromatic heterocycles. The van der Waals surface area contributed by atoms with Gasteiger partial charge in [0.05, 0.1) is 12.5 Å². The molecule has 2 heterocycles. The van der Waals surface area contributed by atoms with Crippen molar-refractivity contribution < 1.29 is 9.59 Å². The maximum Gasteiger partial charge on any atom is 0.246 e. The van der Waals surface area contributed by atoms with Crippen LogP contribution in [0.3, 0.4) is 0 Å². The number of nitrogens with zero attached hydrogens (tertiary/aromatic N) is 2. The molecule has 2 aliphatic heterocycles. The van der Waals surface area contributed by atoms with Crippen molar-refractivity contribution in [2.45, 2.75) is 51.2 Å². The van der Waals surface area contributed by atoms with Crippen LogP contribution < -0.4 is 5.32 Å². The summed E-state index contributed by atoms with van der Waals surface area (Å²) >= 11 is 0. The lowest BCUT2D eigenvalue weighted by molar-refractivity contribution is -0.138. The van der Waals surface area contributed by atoms with Crippen LogP contribution in [0.4, 0.5) is 0 Å². The van der Waals surface area contributed by atoms with Gasteiger partial charge in [-0.05, 0) is 12.8 Å². The van der Waals surface area contributed by atoms with Gasteiger partial charge in [0, 0.05) is 32.2 Å². The zero-order chi connectivity index (χ0) is 13.3. The van der Waals surface area contributed by atoms with Gasteiger partial charge < -0.3 is 5.32 Å². The van der Waals surface area contributed by atoms with Crippen LogP contribution in [0.15, 0.2) is 0 Å². The van der Waals surface area contributed by atoms with Crippen molar-refractivity contribution in [3.8, 4) is 0 Å². The lowest BCUT2D eigenvalue weighted by atomic mass is 10.0. The first-order valence-electron chi connectivity index (χ1n) is 6.88. The molecule has 2 amide bonds. The number of imide groups is 1. The minimum absolute atomic E-state index is 0.0322. The van der Waals surface area contributed by atoms with Gasteiger partial charge in [-0.3, -0.25) is 19.4 Å². The van der Waals surface area contributed by atoms with E-state index >= 15 is 0 Å². The Morgan fingerprint density at radius 3 is 2.50 bits per heavy atom. The average Bonchev–Trinajstić information content (AvgIpc) is 2.65. The van der Waals surface area contributed by atoms with Crippen LogP contribution in [0.1, 0.15) is 33.1 Å². The van der Waals surface area contributed by atoms with E-state index in [-0.39, 0.29) is 17.9 Å². The van der Waals surface area contributed by atoms with E-state index in [9.17, 15) is 9.59 Å². The molecule has 0 aromatic carbocycles. The lowest BCUT2D eigenvalue weighted by Crippen LogP contribution is -2.60. The van der Waals surface area contributed by atoms with Gasteiger partial charge in [0.15, 0.2) is 0 Å². The first-order valence-corrected chi connectivity index (χ1v) is 6.88. The smallest absolute Gasteiger partial charge is 0.246 e. The summed E-state index contributed by atoms with van der Waals surface area (Å²) in [7, 11) is 1.59. The van der Waals surface area contributed by atoms with E-state index in [0.29, 0.717) is 18.5 Å². The number of nitrogens with one attached hydrogen (secondary N) is 1. The predicted molar refractivity (Wildman–Crippen MR) is 69.0 cm³/mol. The monoisotopic (exact) mass is 253 g/mol. The summed E-state index contributed by atoms with van der Waals surface area (Å²) < 4.78 is 0. The van der Waals surface area contributed by atoms with E-state index in [4.69, 9.17) is 0 Å². The lowest BCUT2D eigenvalue weighted by Gasteiger charge is -2.42. The van der Waals surface area contributed by atoms with E-state index < -0.39 is 0 Å². The van der Waals surface area contributed by atoms with Crippen molar-refractivity contribution in [3.63, 3.8) is 0 Å². The fraction of sp³-hybridized carbons (Fsp3) is 0.846. The van der Waals surface area contributed by atoms with Crippen molar-refractivity contribution >= 4 is 11.8 Å². The van der Waals surface area contributed by atoms with Gasteiger partial charge in [-0.25, -0.2) is 0 Å². The van der Waals surface area contributed by atoms with Gasteiger partial charge >= 0.3 is 0 Å². The zero-order valence-corrected chi connectivity index (χ0v) is 11.5. The molecule has 102 valence electrons. The molecule has 2 saturated heterocycles. The summed E-state index contributed by atoms with van der Waals surface area (Å²) in [6.07, 6.45) is 2.41.